The smallest absolute Gasteiger partial charge is 0.231 e. The molecule has 1 aliphatic heterocycles. The predicted octanol–water partition coefficient (Wildman–Crippen LogP) is 4.35. The number of allylic oxidation sites excluding steroid dienone is 1. The van der Waals surface area contributed by atoms with E-state index in [-0.39, 0.29) is 12.6 Å². The van der Waals surface area contributed by atoms with Crippen LogP contribution in [0.15, 0.2) is 42.5 Å². The van der Waals surface area contributed by atoms with Gasteiger partial charge < -0.3 is 18.9 Å². The van der Waals surface area contributed by atoms with Crippen LogP contribution in [-0.4, -0.2) is 26.3 Å². The molecule has 0 unspecified atom stereocenters. The Bertz CT molecular complexity index is 823. The zero-order chi connectivity index (χ0) is 18.5. The fourth-order valence-electron chi connectivity index (χ4n) is 2.48. The summed E-state index contributed by atoms with van der Waals surface area (Å²) in [7, 11) is 1.60. The van der Waals surface area contributed by atoms with Crippen molar-refractivity contribution in [2.24, 2.45) is 5.92 Å². The van der Waals surface area contributed by atoms with Gasteiger partial charge in [-0.15, -0.1) is 0 Å². The van der Waals surface area contributed by atoms with E-state index in [0.717, 1.165) is 5.56 Å². The first kappa shape index (κ1) is 17.9. The van der Waals surface area contributed by atoms with E-state index in [1.54, 1.807) is 31.4 Å². The highest BCUT2D eigenvalue weighted by Gasteiger charge is 2.15. The fraction of sp³-hybridized carbons (Fsp3) is 0.286. The van der Waals surface area contributed by atoms with Crippen LogP contribution in [-0.2, 0) is 0 Å². The summed E-state index contributed by atoms with van der Waals surface area (Å²) in [6.07, 6.45) is 3.28. The molecule has 2 aromatic carbocycles. The molecule has 0 amide bonds. The van der Waals surface area contributed by atoms with E-state index in [1.165, 1.54) is 6.08 Å². The molecule has 0 N–H and O–H groups in total. The SMILES string of the molecule is COc1cc(/C=C/C(=O)c2ccc3c(c2)OCO3)ccc1OCC(C)C. The molecule has 0 spiro atoms. The normalized spacial score (nSPS) is 12.6. The van der Waals surface area contributed by atoms with Crippen LogP contribution in [0.2, 0.25) is 0 Å². The van der Waals surface area contributed by atoms with Crippen LogP contribution >= 0.6 is 0 Å². The van der Waals surface area contributed by atoms with Gasteiger partial charge in [-0.1, -0.05) is 26.0 Å². The zero-order valence-corrected chi connectivity index (χ0v) is 15.2. The Morgan fingerprint density at radius 3 is 2.69 bits per heavy atom. The van der Waals surface area contributed by atoms with E-state index in [1.807, 2.05) is 18.2 Å². The molecule has 5 nitrogen and oxygen atoms in total. The third-order valence-electron chi connectivity index (χ3n) is 3.84. The molecule has 0 fully saturated rings. The van der Waals surface area contributed by atoms with Crippen molar-refractivity contribution >= 4 is 11.9 Å². The molecule has 1 aliphatic rings. The van der Waals surface area contributed by atoms with Gasteiger partial charge in [-0.3, -0.25) is 4.79 Å². The molecule has 3 rings (SSSR count). The van der Waals surface area contributed by atoms with Gasteiger partial charge in [0.2, 0.25) is 6.79 Å². The summed E-state index contributed by atoms with van der Waals surface area (Å²) < 4.78 is 21.7. The Hall–Kier alpha value is -2.95. The van der Waals surface area contributed by atoms with Gasteiger partial charge in [0, 0.05) is 5.56 Å². The van der Waals surface area contributed by atoms with Crippen molar-refractivity contribution in [3.63, 3.8) is 0 Å². The maximum atomic E-state index is 12.4. The topological polar surface area (TPSA) is 54.0 Å². The van der Waals surface area contributed by atoms with Gasteiger partial charge in [0.1, 0.15) is 0 Å². The second-order valence-electron chi connectivity index (χ2n) is 6.38. The highest BCUT2D eigenvalue weighted by molar-refractivity contribution is 6.07. The minimum absolute atomic E-state index is 0.109. The highest BCUT2D eigenvalue weighted by atomic mass is 16.7. The number of rotatable bonds is 7. The van der Waals surface area contributed by atoms with Crippen LogP contribution in [0, 0.1) is 5.92 Å². The molecule has 26 heavy (non-hydrogen) atoms. The lowest BCUT2D eigenvalue weighted by Gasteiger charge is -2.12. The molecule has 1 heterocycles. The predicted molar refractivity (Wildman–Crippen MR) is 99.3 cm³/mol. The number of benzene rings is 2. The number of hydrogen-bond donors (Lipinski definition) is 0. The van der Waals surface area contributed by atoms with Crippen molar-refractivity contribution < 1.29 is 23.7 Å². The molecule has 0 bridgehead atoms. The Balaban J connectivity index is 1.72. The third kappa shape index (κ3) is 4.17. The van der Waals surface area contributed by atoms with E-state index < -0.39 is 0 Å². The molecule has 0 atom stereocenters. The van der Waals surface area contributed by atoms with Crippen LogP contribution in [0.25, 0.3) is 6.08 Å². The molecule has 136 valence electrons. The number of ketones is 1. The van der Waals surface area contributed by atoms with Gasteiger partial charge in [-0.25, -0.2) is 0 Å². The van der Waals surface area contributed by atoms with Crippen LogP contribution < -0.4 is 18.9 Å². The minimum atomic E-state index is -0.109. The summed E-state index contributed by atoms with van der Waals surface area (Å²) in [6, 6.07) is 10.8. The van der Waals surface area contributed by atoms with Gasteiger partial charge in [0.05, 0.1) is 13.7 Å². The molecule has 2 aromatic rings. The average molecular weight is 354 g/mol. The van der Waals surface area contributed by atoms with Gasteiger partial charge >= 0.3 is 0 Å². The number of fused-ring (bicyclic) bond motifs is 1. The minimum Gasteiger partial charge on any atom is -0.493 e. The number of methoxy groups -OCH3 is 1. The van der Waals surface area contributed by atoms with Crippen molar-refractivity contribution in [3.8, 4) is 23.0 Å². The molecule has 0 saturated carbocycles. The standard InChI is InChI=1S/C21H22O5/c1-14(2)12-24-18-8-5-15(10-20(18)23-3)4-7-17(22)16-6-9-19-21(11-16)26-13-25-19/h4-11,14H,12-13H2,1-3H3/b7-4+. The summed E-state index contributed by atoms with van der Waals surface area (Å²) >= 11 is 0. The third-order valence-corrected chi connectivity index (χ3v) is 3.84. The lowest BCUT2D eigenvalue weighted by atomic mass is 10.1. The van der Waals surface area contributed by atoms with Crippen molar-refractivity contribution in [2.75, 3.05) is 20.5 Å². The summed E-state index contributed by atoms with van der Waals surface area (Å²) in [6.45, 7) is 4.98. The van der Waals surface area contributed by atoms with E-state index in [2.05, 4.69) is 13.8 Å². The van der Waals surface area contributed by atoms with E-state index in [4.69, 9.17) is 18.9 Å². The monoisotopic (exact) mass is 354 g/mol. The largest absolute Gasteiger partial charge is 0.493 e. The van der Waals surface area contributed by atoms with Gasteiger partial charge in [-0.05, 0) is 47.9 Å². The van der Waals surface area contributed by atoms with Crippen LogP contribution in [0.3, 0.4) is 0 Å². The van der Waals surface area contributed by atoms with Crippen molar-refractivity contribution in [1.82, 2.24) is 0 Å². The Labute approximate surface area is 153 Å². The molecule has 0 saturated heterocycles. The number of hydrogen-bond acceptors (Lipinski definition) is 5. The number of carbonyl (C=O) groups is 1. The van der Waals surface area contributed by atoms with E-state index >= 15 is 0 Å². The van der Waals surface area contributed by atoms with Crippen molar-refractivity contribution in [3.05, 3.63) is 53.6 Å². The van der Waals surface area contributed by atoms with Crippen LogP contribution in [0.5, 0.6) is 23.0 Å². The Morgan fingerprint density at radius 1 is 1.12 bits per heavy atom. The van der Waals surface area contributed by atoms with Crippen LogP contribution in [0.4, 0.5) is 0 Å². The van der Waals surface area contributed by atoms with Gasteiger partial charge in [0.15, 0.2) is 28.8 Å². The fourth-order valence-corrected chi connectivity index (χ4v) is 2.48. The maximum absolute atomic E-state index is 12.4. The van der Waals surface area contributed by atoms with Crippen LogP contribution in [0.1, 0.15) is 29.8 Å². The molecular formula is C21H22O5. The second-order valence-corrected chi connectivity index (χ2v) is 6.38. The zero-order valence-electron chi connectivity index (χ0n) is 15.2. The maximum Gasteiger partial charge on any atom is 0.231 e. The van der Waals surface area contributed by atoms with E-state index in [0.29, 0.717) is 41.1 Å². The lowest BCUT2D eigenvalue weighted by molar-refractivity contribution is 0.104. The van der Waals surface area contributed by atoms with Crippen molar-refractivity contribution in [2.45, 2.75) is 13.8 Å². The van der Waals surface area contributed by atoms with Gasteiger partial charge in [-0.2, -0.15) is 0 Å². The first-order valence-corrected chi connectivity index (χ1v) is 8.49. The van der Waals surface area contributed by atoms with Gasteiger partial charge in [0.25, 0.3) is 0 Å². The molecular weight excluding hydrogens is 332 g/mol. The average Bonchev–Trinajstić information content (AvgIpc) is 3.12. The number of ether oxygens (including phenoxy) is 4. The molecule has 5 heteroatoms. The quantitative estimate of drug-likeness (QED) is 0.546. The lowest BCUT2D eigenvalue weighted by Crippen LogP contribution is -2.05. The first-order chi connectivity index (χ1) is 12.6. The first-order valence-electron chi connectivity index (χ1n) is 8.49. The summed E-state index contributed by atoms with van der Waals surface area (Å²) in [5, 5.41) is 0. The van der Waals surface area contributed by atoms with E-state index in [9.17, 15) is 4.79 Å². The van der Waals surface area contributed by atoms with Crippen molar-refractivity contribution in [1.29, 1.82) is 0 Å². The second kappa shape index (κ2) is 7.95. The molecule has 0 aliphatic carbocycles. The Morgan fingerprint density at radius 2 is 1.92 bits per heavy atom. The molecule has 0 aromatic heterocycles. The summed E-state index contributed by atoms with van der Waals surface area (Å²) in [5.41, 5.74) is 1.40. The Kier molecular flexibility index (Phi) is 5.46. The highest BCUT2D eigenvalue weighted by Crippen LogP contribution is 2.33. The number of carbonyl (C=O) groups excluding carboxylic acids is 1. The molecule has 0 radical (unpaired) electrons. The summed E-state index contributed by atoms with van der Waals surface area (Å²) in [5.74, 6) is 2.91. The summed E-state index contributed by atoms with van der Waals surface area (Å²) in [4.78, 5) is 12.4.